The van der Waals surface area contributed by atoms with Crippen molar-refractivity contribution in [1.82, 2.24) is 15.2 Å². The topological polar surface area (TPSA) is 74.5 Å². The second-order valence-corrected chi connectivity index (χ2v) is 7.28. The van der Waals surface area contributed by atoms with Crippen LogP contribution in [0.1, 0.15) is 24.1 Å². The lowest BCUT2D eigenvalue weighted by molar-refractivity contribution is -0.119. The lowest BCUT2D eigenvalue weighted by Crippen LogP contribution is -2.26. The van der Waals surface area contributed by atoms with E-state index in [1.165, 1.54) is 0 Å². The molecule has 4 rings (SSSR count). The van der Waals surface area contributed by atoms with Crippen LogP contribution in [0.2, 0.25) is 0 Å². The van der Waals surface area contributed by atoms with Gasteiger partial charge in [-0.2, -0.15) is 10.2 Å². The van der Waals surface area contributed by atoms with Crippen LogP contribution in [-0.2, 0) is 4.79 Å². The summed E-state index contributed by atoms with van der Waals surface area (Å²) < 4.78 is 1.97. The second-order valence-electron chi connectivity index (χ2n) is 7.28. The Hall–Kier alpha value is -3.61. The number of aryl methyl sites for hydroxylation is 1. The Morgan fingerprint density at radius 1 is 1.07 bits per heavy atom. The zero-order valence-electron chi connectivity index (χ0n) is 17.1. The molecule has 0 atom stereocenters. The van der Waals surface area contributed by atoms with Crippen molar-refractivity contribution in [3.8, 4) is 5.69 Å². The molecular weight excluding hydrogens is 376 g/mol. The van der Waals surface area contributed by atoms with Gasteiger partial charge in [-0.3, -0.25) is 4.79 Å². The normalized spacial score (nSPS) is 13.7. The average Bonchev–Trinajstić information content (AvgIpc) is 3.42. The van der Waals surface area contributed by atoms with E-state index < -0.39 is 0 Å². The van der Waals surface area contributed by atoms with Gasteiger partial charge in [0.05, 0.1) is 29.7 Å². The highest BCUT2D eigenvalue weighted by molar-refractivity contribution is 5.90. The molecule has 1 aliphatic rings. The number of hydrogen-bond donors (Lipinski definition) is 2. The van der Waals surface area contributed by atoms with E-state index in [2.05, 4.69) is 20.7 Å². The number of aromatic nitrogens is 2. The zero-order valence-corrected chi connectivity index (χ0v) is 17.1. The van der Waals surface area contributed by atoms with Gasteiger partial charge in [0.25, 0.3) is 5.91 Å². The van der Waals surface area contributed by atoms with Gasteiger partial charge in [-0.1, -0.05) is 36.4 Å². The van der Waals surface area contributed by atoms with Gasteiger partial charge in [-0.25, -0.2) is 10.1 Å². The van der Waals surface area contributed by atoms with Gasteiger partial charge in [0.1, 0.15) is 5.82 Å². The summed E-state index contributed by atoms with van der Waals surface area (Å²) in [6.45, 7) is 4.11. The van der Waals surface area contributed by atoms with Crippen molar-refractivity contribution in [1.29, 1.82) is 0 Å². The summed E-state index contributed by atoms with van der Waals surface area (Å²) in [5.74, 6) is 0.822. The maximum atomic E-state index is 12.1. The first kappa shape index (κ1) is 19.7. The van der Waals surface area contributed by atoms with Crippen molar-refractivity contribution in [2.24, 2.45) is 5.10 Å². The first-order chi connectivity index (χ1) is 14.7. The number of nitrogens with one attached hydrogen (secondary N) is 2. The highest BCUT2D eigenvalue weighted by atomic mass is 16.2. The van der Waals surface area contributed by atoms with Crippen molar-refractivity contribution < 1.29 is 4.79 Å². The molecule has 7 nitrogen and oxygen atoms in total. The third-order valence-corrected chi connectivity index (χ3v) is 5.10. The molecule has 0 unspecified atom stereocenters. The molecule has 30 heavy (non-hydrogen) atoms. The lowest BCUT2D eigenvalue weighted by atomic mass is 10.2. The number of hydrazone groups is 1. The molecule has 1 aliphatic heterocycles. The number of carbonyl (C=O) groups excluding carboxylic acids is 1. The molecule has 3 aromatic rings. The maximum absolute atomic E-state index is 12.1. The predicted molar refractivity (Wildman–Crippen MR) is 120 cm³/mol. The van der Waals surface area contributed by atoms with Gasteiger partial charge in [0.2, 0.25) is 0 Å². The van der Waals surface area contributed by atoms with E-state index in [4.69, 9.17) is 5.10 Å². The van der Waals surface area contributed by atoms with Crippen LogP contribution in [0.4, 0.5) is 11.5 Å². The third kappa shape index (κ3) is 4.51. The van der Waals surface area contributed by atoms with Crippen LogP contribution in [0.3, 0.4) is 0 Å². The van der Waals surface area contributed by atoms with Crippen molar-refractivity contribution in [3.63, 3.8) is 0 Å². The van der Waals surface area contributed by atoms with E-state index in [-0.39, 0.29) is 12.5 Å². The molecule has 0 radical (unpaired) electrons. The minimum atomic E-state index is -0.203. The molecule has 2 aromatic carbocycles. The minimum absolute atomic E-state index is 0.155. The van der Waals surface area contributed by atoms with Crippen LogP contribution in [0.15, 0.2) is 65.8 Å². The molecule has 0 bridgehead atoms. The fourth-order valence-corrected chi connectivity index (χ4v) is 3.61. The molecular formula is C23H26N6O. The summed E-state index contributed by atoms with van der Waals surface area (Å²) in [6, 6.07) is 19.7. The quantitative estimate of drug-likeness (QED) is 0.470. The Morgan fingerprint density at radius 2 is 1.73 bits per heavy atom. The summed E-state index contributed by atoms with van der Waals surface area (Å²) in [4.78, 5) is 14.5. The van der Waals surface area contributed by atoms with E-state index in [0.717, 1.165) is 54.4 Å². The van der Waals surface area contributed by atoms with Gasteiger partial charge in [-0.15, -0.1) is 0 Å². The number of anilines is 2. The van der Waals surface area contributed by atoms with Gasteiger partial charge in [0, 0.05) is 18.8 Å². The number of amides is 1. The van der Waals surface area contributed by atoms with E-state index >= 15 is 0 Å². The molecule has 0 spiro atoms. The first-order valence-corrected chi connectivity index (χ1v) is 10.2. The minimum Gasteiger partial charge on any atom is -0.376 e. The molecule has 1 amide bonds. The number of para-hydroxylation sites is 2. The predicted octanol–water partition coefficient (Wildman–Crippen LogP) is 3.34. The zero-order chi connectivity index (χ0) is 20.8. The van der Waals surface area contributed by atoms with Gasteiger partial charge < -0.3 is 10.2 Å². The fraction of sp³-hybridized carbons (Fsp3) is 0.261. The van der Waals surface area contributed by atoms with Crippen molar-refractivity contribution in [2.75, 3.05) is 29.9 Å². The van der Waals surface area contributed by atoms with Crippen LogP contribution in [0.5, 0.6) is 0 Å². The Morgan fingerprint density at radius 3 is 2.43 bits per heavy atom. The third-order valence-electron chi connectivity index (χ3n) is 5.10. The maximum Gasteiger partial charge on any atom is 0.259 e. The molecule has 0 saturated carbocycles. The molecule has 154 valence electrons. The highest BCUT2D eigenvalue weighted by Gasteiger charge is 2.23. The van der Waals surface area contributed by atoms with Crippen molar-refractivity contribution in [3.05, 3.63) is 71.9 Å². The molecule has 7 heteroatoms. The van der Waals surface area contributed by atoms with Crippen LogP contribution in [0.25, 0.3) is 5.69 Å². The summed E-state index contributed by atoms with van der Waals surface area (Å²) in [5, 5.41) is 12.0. The van der Waals surface area contributed by atoms with Crippen molar-refractivity contribution in [2.45, 2.75) is 19.8 Å². The number of carbonyl (C=O) groups is 1. The number of rotatable bonds is 7. The molecule has 1 aromatic heterocycles. The SMILES string of the molecule is Cc1nn(-c2ccccc2)c(N2CCCC2)c1/C=N/NC(=O)CNc1ccccc1. The van der Waals surface area contributed by atoms with Crippen LogP contribution >= 0.6 is 0 Å². The average molecular weight is 403 g/mol. The second kappa shape index (κ2) is 9.26. The Kier molecular flexibility index (Phi) is 6.08. The Balaban J connectivity index is 1.50. The summed E-state index contributed by atoms with van der Waals surface area (Å²) >= 11 is 0. The van der Waals surface area contributed by atoms with E-state index in [1.807, 2.05) is 72.3 Å². The first-order valence-electron chi connectivity index (χ1n) is 10.2. The van der Waals surface area contributed by atoms with Gasteiger partial charge >= 0.3 is 0 Å². The Labute approximate surface area is 176 Å². The van der Waals surface area contributed by atoms with Crippen LogP contribution < -0.4 is 15.6 Å². The smallest absolute Gasteiger partial charge is 0.259 e. The molecule has 0 aliphatic carbocycles. The lowest BCUT2D eigenvalue weighted by Gasteiger charge is -2.20. The number of benzene rings is 2. The number of nitrogens with zero attached hydrogens (tertiary/aromatic N) is 4. The molecule has 2 heterocycles. The van der Waals surface area contributed by atoms with E-state index in [0.29, 0.717) is 0 Å². The fourth-order valence-electron chi connectivity index (χ4n) is 3.61. The van der Waals surface area contributed by atoms with E-state index in [1.54, 1.807) is 6.21 Å². The van der Waals surface area contributed by atoms with Gasteiger partial charge in [-0.05, 0) is 44.0 Å². The van der Waals surface area contributed by atoms with Crippen LogP contribution in [0, 0.1) is 6.92 Å². The molecule has 1 fully saturated rings. The molecule has 2 N–H and O–H groups in total. The largest absolute Gasteiger partial charge is 0.376 e. The Bertz CT molecular complexity index is 1010. The highest BCUT2D eigenvalue weighted by Crippen LogP contribution is 2.28. The van der Waals surface area contributed by atoms with Crippen LogP contribution in [-0.4, -0.2) is 41.5 Å². The number of hydrogen-bond acceptors (Lipinski definition) is 5. The standard InChI is InChI=1S/C23H26N6O/c1-18-21(16-25-26-22(30)17-24-19-10-4-2-5-11-19)23(28-14-8-9-15-28)29(27-18)20-12-6-3-7-13-20/h2-7,10-13,16,24H,8-9,14-15,17H2,1H3,(H,26,30)/b25-16+. The summed E-state index contributed by atoms with van der Waals surface area (Å²) in [5.41, 5.74) is 6.32. The monoisotopic (exact) mass is 402 g/mol. The summed E-state index contributed by atoms with van der Waals surface area (Å²) in [6.07, 6.45) is 4.03. The molecule has 1 saturated heterocycles. The van der Waals surface area contributed by atoms with Gasteiger partial charge in [0.15, 0.2) is 0 Å². The van der Waals surface area contributed by atoms with E-state index in [9.17, 15) is 4.79 Å². The summed E-state index contributed by atoms with van der Waals surface area (Å²) in [7, 11) is 0. The van der Waals surface area contributed by atoms with Crippen molar-refractivity contribution >= 4 is 23.6 Å².